The Morgan fingerprint density at radius 3 is 2.45 bits per heavy atom. The van der Waals surface area contributed by atoms with E-state index in [2.05, 4.69) is 49.5 Å². The standard InChI is InChI=1S/C22H34N6OS.HI/c1-18-17-26-21(30-18)9-11-25-22(23-2)24-10-4-12-27-13-15-28(16-14-27)19-5-7-20(29-3)8-6-19;/h5-8,17H,4,9-16H2,1-3H3,(H2,23,24,25);1H. The van der Waals surface area contributed by atoms with Gasteiger partial charge in [-0.25, -0.2) is 4.98 Å². The van der Waals surface area contributed by atoms with Crippen molar-refractivity contribution in [2.75, 3.05) is 64.9 Å². The number of aryl methyl sites for hydroxylation is 1. The lowest BCUT2D eigenvalue weighted by atomic mass is 10.2. The summed E-state index contributed by atoms with van der Waals surface area (Å²) in [6, 6.07) is 8.36. The van der Waals surface area contributed by atoms with E-state index in [9.17, 15) is 0 Å². The fraction of sp³-hybridized carbons (Fsp3) is 0.545. The van der Waals surface area contributed by atoms with Gasteiger partial charge in [-0.3, -0.25) is 9.89 Å². The maximum Gasteiger partial charge on any atom is 0.190 e. The highest BCUT2D eigenvalue weighted by molar-refractivity contribution is 14.0. The van der Waals surface area contributed by atoms with Gasteiger partial charge in [-0.05, 0) is 44.2 Å². The van der Waals surface area contributed by atoms with Crippen molar-refractivity contribution < 1.29 is 4.74 Å². The number of nitrogens with one attached hydrogen (secondary N) is 2. The van der Waals surface area contributed by atoms with Crippen LogP contribution in [0.3, 0.4) is 0 Å². The molecular formula is C22H35IN6OS. The summed E-state index contributed by atoms with van der Waals surface area (Å²) in [5.41, 5.74) is 1.28. The van der Waals surface area contributed by atoms with E-state index in [1.165, 1.54) is 15.6 Å². The first-order valence-electron chi connectivity index (χ1n) is 10.6. The molecule has 0 saturated carbocycles. The number of guanidine groups is 1. The smallest absolute Gasteiger partial charge is 0.190 e. The summed E-state index contributed by atoms with van der Waals surface area (Å²) in [4.78, 5) is 15.0. The lowest BCUT2D eigenvalue weighted by Gasteiger charge is -2.36. The molecule has 31 heavy (non-hydrogen) atoms. The third kappa shape index (κ3) is 8.46. The highest BCUT2D eigenvalue weighted by atomic mass is 127. The third-order valence-electron chi connectivity index (χ3n) is 5.28. The molecule has 2 aromatic rings. The highest BCUT2D eigenvalue weighted by Crippen LogP contribution is 2.20. The van der Waals surface area contributed by atoms with Gasteiger partial charge in [-0.1, -0.05) is 0 Å². The fourth-order valence-corrected chi connectivity index (χ4v) is 4.34. The minimum atomic E-state index is 0. The zero-order chi connectivity index (χ0) is 21.2. The summed E-state index contributed by atoms with van der Waals surface area (Å²) in [6.07, 6.45) is 3.97. The van der Waals surface area contributed by atoms with Gasteiger partial charge in [0.1, 0.15) is 5.75 Å². The van der Waals surface area contributed by atoms with E-state index < -0.39 is 0 Å². The molecule has 1 aromatic carbocycles. The maximum atomic E-state index is 5.25. The number of nitrogens with zero attached hydrogens (tertiary/aromatic N) is 4. The molecule has 0 atom stereocenters. The van der Waals surface area contributed by atoms with Crippen molar-refractivity contribution in [2.45, 2.75) is 19.8 Å². The van der Waals surface area contributed by atoms with Gasteiger partial charge in [0.15, 0.2) is 5.96 Å². The zero-order valence-electron chi connectivity index (χ0n) is 18.8. The molecule has 3 rings (SSSR count). The number of aliphatic imine (C=N–C) groups is 1. The maximum absolute atomic E-state index is 5.25. The van der Waals surface area contributed by atoms with Crippen LogP contribution in [0.2, 0.25) is 0 Å². The van der Waals surface area contributed by atoms with E-state index in [1.54, 1.807) is 18.4 Å². The molecule has 0 spiro atoms. The Hall–Kier alpha value is -1.59. The Balaban J connectivity index is 0.00000341. The van der Waals surface area contributed by atoms with Crippen molar-refractivity contribution in [3.63, 3.8) is 0 Å². The van der Waals surface area contributed by atoms with E-state index in [0.29, 0.717) is 0 Å². The molecule has 1 saturated heterocycles. The van der Waals surface area contributed by atoms with Crippen LogP contribution in [0, 0.1) is 6.92 Å². The molecule has 1 fully saturated rings. The monoisotopic (exact) mass is 558 g/mol. The first kappa shape index (κ1) is 25.7. The van der Waals surface area contributed by atoms with E-state index in [0.717, 1.165) is 70.4 Å². The number of rotatable bonds is 9. The molecule has 2 heterocycles. The number of ether oxygens (including phenoxy) is 1. The Morgan fingerprint density at radius 1 is 1.13 bits per heavy atom. The second-order valence-corrected chi connectivity index (χ2v) is 8.74. The van der Waals surface area contributed by atoms with Gasteiger partial charge in [-0.15, -0.1) is 35.3 Å². The van der Waals surface area contributed by atoms with Crippen molar-refractivity contribution in [1.82, 2.24) is 20.5 Å². The quantitative estimate of drug-likeness (QED) is 0.214. The van der Waals surface area contributed by atoms with Crippen molar-refractivity contribution >= 4 is 47.0 Å². The van der Waals surface area contributed by atoms with Gasteiger partial charge in [-0.2, -0.15) is 0 Å². The molecule has 1 aliphatic rings. The van der Waals surface area contributed by atoms with Gasteiger partial charge >= 0.3 is 0 Å². The predicted octanol–water partition coefficient (Wildman–Crippen LogP) is 3.00. The number of benzene rings is 1. The third-order valence-corrected chi connectivity index (χ3v) is 6.25. The fourth-order valence-electron chi connectivity index (χ4n) is 3.56. The summed E-state index contributed by atoms with van der Waals surface area (Å²) >= 11 is 1.76. The molecule has 0 bridgehead atoms. The van der Waals surface area contributed by atoms with Crippen LogP contribution in [-0.4, -0.2) is 75.8 Å². The second kappa shape index (κ2) is 13.7. The second-order valence-electron chi connectivity index (χ2n) is 7.42. The topological polar surface area (TPSA) is 65.0 Å². The number of thiazole rings is 1. The van der Waals surface area contributed by atoms with Gasteiger partial charge in [0, 0.05) is 69.5 Å². The molecule has 2 N–H and O–H groups in total. The Kier molecular flexibility index (Phi) is 11.4. The van der Waals surface area contributed by atoms with Crippen LogP contribution in [0.4, 0.5) is 5.69 Å². The SMILES string of the molecule is CN=C(NCCCN1CCN(c2ccc(OC)cc2)CC1)NCCc1ncc(C)s1.I. The normalized spacial score (nSPS) is 14.8. The molecule has 1 aliphatic heterocycles. The van der Waals surface area contributed by atoms with Crippen molar-refractivity contribution in [1.29, 1.82) is 0 Å². The lowest BCUT2D eigenvalue weighted by Crippen LogP contribution is -2.47. The zero-order valence-corrected chi connectivity index (χ0v) is 21.9. The van der Waals surface area contributed by atoms with E-state index in [-0.39, 0.29) is 24.0 Å². The van der Waals surface area contributed by atoms with E-state index in [4.69, 9.17) is 4.74 Å². The number of methoxy groups -OCH3 is 1. The summed E-state index contributed by atoms with van der Waals surface area (Å²) in [5.74, 6) is 1.78. The molecule has 172 valence electrons. The van der Waals surface area contributed by atoms with Crippen LogP contribution in [0.15, 0.2) is 35.5 Å². The Morgan fingerprint density at radius 2 is 1.84 bits per heavy atom. The van der Waals surface area contributed by atoms with Crippen molar-refractivity contribution in [2.24, 2.45) is 4.99 Å². The highest BCUT2D eigenvalue weighted by Gasteiger charge is 2.16. The molecule has 1 aromatic heterocycles. The summed E-state index contributed by atoms with van der Waals surface area (Å²) < 4.78 is 5.25. The van der Waals surface area contributed by atoms with Crippen LogP contribution < -0.4 is 20.3 Å². The first-order chi connectivity index (χ1) is 14.7. The molecule has 7 nitrogen and oxygen atoms in total. The van der Waals surface area contributed by atoms with Crippen molar-refractivity contribution in [3.05, 3.63) is 40.3 Å². The van der Waals surface area contributed by atoms with Gasteiger partial charge in [0.25, 0.3) is 0 Å². The van der Waals surface area contributed by atoms with E-state index in [1.807, 2.05) is 25.4 Å². The Bertz CT molecular complexity index is 790. The molecule has 0 aliphatic carbocycles. The van der Waals surface area contributed by atoms with Crippen LogP contribution >= 0.6 is 35.3 Å². The Labute approximate surface area is 207 Å². The van der Waals surface area contributed by atoms with Crippen LogP contribution in [-0.2, 0) is 6.42 Å². The van der Waals surface area contributed by atoms with E-state index >= 15 is 0 Å². The molecule has 0 radical (unpaired) electrons. The predicted molar refractivity (Wildman–Crippen MR) is 142 cm³/mol. The van der Waals surface area contributed by atoms with Gasteiger partial charge in [0.2, 0.25) is 0 Å². The van der Waals surface area contributed by atoms with Crippen LogP contribution in [0.25, 0.3) is 0 Å². The summed E-state index contributed by atoms with van der Waals surface area (Å²) in [5, 5.41) is 7.96. The largest absolute Gasteiger partial charge is 0.497 e. The minimum Gasteiger partial charge on any atom is -0.497 e. The molecule has 0 unspecified atom stereocenters. The molecule has 0 amide bonds. The lowest BCUT2D eigenvalue weighted by molar-refractivity contribution is 0.255. The first-order valence-corrected chi connectivity index (χ1v) is 11.5. The van der Waals surface area contributed by atoms with Gasteiger partial charge < -0.3 is 20.3 Å². The van der Waals surface area contributed by atoms with Crippen LogP contribution in [0.5, 0.6) is 5.75 Å². The minimum absolute atomic E-state index is 0. The van der Waals surface area contributed by atoms with Crippen LogP contribution in [0.1, 0.15) is 16.3 Å². The van der Waals surface area contributed by atoms with Gasteiger partial charge in [0.05, 0.1) is 12.1 Å². The number of hydrogen-bond acceptors (Lipinski definition) is 6. The average molecular weight is 559 g/mol. The number of anilines is 1. The molecular weight excluding hydrogens is 523 g/mol. The summed E-state index contributed by atoms with van der Waals surface area (Å²) in [7, 11) is 3.53. The number of piperazine rings is 1. The summed E-state index contributed by atoms with van der Waals surface area (Å²) in [6.45, 7) is 9.32. The number of aromatic nitrogens is 1. The number of halogens is 1. The molecule has 9 heteroatoms. The van der Waals surface area contributed by atoms with Crippen molar-refractivity contribution in [3.8, 4) is 5.75 Å². The number of hydrogen-bond donors (Lipinski definition) is 2. The average Bonchev–Trinajstić information content (AvgIpc) is 3.21.